The number of carboxylic acids is 1. The van der Waals surface area contributed by atoms with E-state index in [1.807, 2.05) is 0 Å². The lowest BCUT2D eigenvalue weighted by molar-refractivity contribution is -0.139. The van der Waals surface area contributed by atoms with Crippen molar-refractivity contribution in [3.63, 3.8) is 0 Å². The van der Waals surface area contributed by atoms with Crippen molar-refractivity contribution in [3.8, 4) is 11.5 Å². The van der Waals surface area contributed by atoms with Gasteiger partial charge in [-0.15, -0.1) is 0 Å². The van der Waals surface area contributed by atoms with Crippen LogP contribution in [0, 0.1) is 6.92 Å². The molecule has 13 heteroatoms. The third kappa shape index (κ3) is 7.23. The van der Waals surface area contributed by atoms with Crippen LogP contribution in [0.15, 0.2) is 59.2 Å². The number of carbonyl (C=O) groups is 1. The predicted molar refractivity (Wildman–Crippen MR) is 150 cm³/mol. The molecule has 0 aliphatic rings. The van der Waals surface area contributed by atoms with Crippen LogP contribution >= 0.6 is 0 Å². The summed E-state index contributed by atoms with van der Waals surface area (Å²) in [4.78, 5) is 19.4. The zero-order valence-electron chi connectivity index (χ0n) is 22.4. The highest BCUT2D eigenvalue weighted by Gasteiger charge is 2.29. The molecule has 0 aliphatic heterocycles. The summed E-state index contributed by atoms with van der Waals surface area (Å²) < 4.78 is 58.2. The van der Waals surface area contributed by atoms with Gasteiger partial charge >= 0.3 is 5.97 Å². The quantitative estimate of drug-likeness (QED) is 0.260. The minimum absolute atomic E-state index is 0.110. The SMILES string of the molecule is C=Cc1c(/C=C\C)nc(S(=O)Cc2nccc(OCCCOC)c2C)n1S(=O)(=O)c1ccc(OCC(=O)O)cc1. The van der Waals surface area contributed by atoms with Crippen LogP contribution in [0.4, 0.5) is 0 Å². The summed E-state index contributed by atoms with van der Waals surface area (Å²) in [5.74, 6) is -0.510. The number of carboxylic acid groups (broad SMARTS) is 1. The van der Waals surface area contributed by atoms with Gasteiger partial charge in [0.05, 0.1) is 45.1 Å². The van der Waals surface area contributed by atoms with Gasteiger partial charge in [-0.3, -0.25) is 9.19 Å². The predicted octanol–water partition coefficient (Wildman–Crippen LogP) is 3.69. The van der Waals surface area contributed by atoms with E-state index in [1.54, 1.807) is 45.4 Å². The molecule has 0 spiro atoms. The molecule has 1 N–H and O–H groups in total. The van der Waals surface area contributed by atoms with Crippen LogP contribution in [0.1, 0.15) is 36.0 Å². The molecular weight excluding hydrogens is 558 g/mol. The molecule has 0 amide bonds. The van der Waals surface area contributed by atoms with Crippen molar-refractivity contribution in [2.24, 2.45) is 0 Å². The highest BCUT2D eigenvalue weighted by atomic mass is 32.2. The smallest absolute Gasteiger partial charge is 0.341 e. The summed E-state index contributed by atoms with van der Waals surface area (Å²) in [6.45, 7) is 7.70. The van der Waals surface area contributed by atoms with Gasteiger partial charge in [0, 0.05) is 31.9 Å². The third-order valence-electron chi connectivity index (χ3n) is 5.59. The Hall–Kier alpha value is -3.81. The zero-order valence-corrected chi connectivity index (χ0v) is 24.0. The molecule has 2 heterocycles. The molecule has 0 bridgehead atoms. The maximum absolute atomic E-state index is 13.8. The van der Waals surface area contributed by atoms with E-state index in [0.29, 0.717) is 36.6 Å². The fourth-order valence-electron chi connectivity index (χ4n) is 3.65. The molecule has 0 saturated carbocycles. The number of benzene rings is 1. The van der Waals surface area contributed by atoms with Crippen molar-refractivity contribution in [1.82, 2.24) is 13.9 Å². The van der Waals surface area contributed by atoms with Gasteiger partial charge in [0.2, 0.25) is 5.16 Å². The molecule has 214 valence electrons. The first-order chi connectivity index (χ1) is 19.1. The topological polar surface area (TPSA) is 147 Å². The van der Waals surface area contributed by atoms with Gasteiger partial charge in [0.1, 0.15) is 11.5 Å². The van der Waals surface area contributed by atoms with Crippen molar-refractivity contribution in [3.05, 3.63) is 71.8 Å². The molecule has 0 radical (unpaired) electrons. The summed E-state index contributed by atoms with van der Waals surface area (Å²) >= 11 is 0. The Kier molecular flexibility index (Phi) is 10.8. The Balaban J connectivity index is 2.00. The number of rotatable bonds is 15. The fraction of sp³-hybridized carbons (Fsp3) is 0.296. The highest BCUT2D eigenvalue weighted by Crippen LogP contribution is 2.28. The van der Waals surface area contributed by atoms with E-state index >= 15 is 0 Å². The molecule has 0 fully saturated rings. The fourth-order valence-corrected chi connectivity index (χ4v) is 6.71. The van der Waals surface area contributed by atoms with E-state index in [4.69, 9.17) is 19.3 Å². The van der Waals surface area contributed by atoms with E-state index in [-0.39, 0.29) is 32.9 Å². The molecule has 2 aromatic heterocycles. The summed E-state index contributed by atoms with van der Waals surface area (Å²) in [5, 5.41) is 8.61. The minimum atomic E-state index is -4.30. The average Bonchev–Trinajstić information content (AvgIpc) is 3.31. The Bertz CT molecular complexity index is 1510. The van der Waals surface area contributed by atoms with E-state index in [0.717, 1.165) is 3.97 Å². The van der Waals surface area contributed by atoms with Gasteiger partial charge in [-0.2, -0.15) is 0 Å². The van der Waals surface area contributed by atoms with Crippen LogP contribution in [0.5, 0.6) is 11.5 Å². The monoisotopic (exact) mass is 589 g/mol. The van der Waals surface area contributed by atoms with Gasteiger partial charge in [0.25, 0.3) is 10.0 Å². The second kappa shape index (κ2) is 14.0. The maximum Gasteiger partial charge on any atom is 0.341 e. The number of hydrogen-bond donors (Lipinski definition) is 1. The van der Waals surface area contributed by atoms with Crippen LogP contribution < -0.4 is 9.47 Å². The summed E-state index contributed by atoms with van der Waals surface area (Å²) in [6.07, 6.45) is 6.86. The van der Waals surface area contributed by atoms with Crippen molar-refractivity contribution in [1.29, 1.82) is 0 Å². The molecule has 0 aliphatic carbocycles. The molecule has 0 saturated heterocycles. The second-order valence-corrected chi connectivity index (χ2v) is 11.5. The number of imidazole rings is 1. The number of aromatic nitrogens is 3. The molecule has 1 atom stereocenters. The Morgan fingerprint density at radius 3 is 2.52 bits per heavy atom. The van der Waals surface area contributed by atoms with Crippen molar-refractivity contribution in [2.45, 2.75) is 36.1 Å². The van der Waals surface area contributed by atoms with Gasteiger partial charge < -0.3 is 19.3 Å². The molecule has 1 unspecified atom stereocenters. The summed E-state index contributed by atoms with van der Waals surface area (Å²) in [6, 6.07) is 6.95. The average molecular weight is 590 g/mol. The van der Waals surface area contributed by atoms with Crippen LogP contribution in [-0.2, 0) is 36.1 Å². The zero-order chi connectivity index (χ0) is 29.3. The Labute approximate surface area is 235 Å². The first-order valence-corrected chi connectivity index (χ1v) is 14.9. The Morgan fingerprint density at radius 1 is 1.18 bits per heavy atom. The van der Waals surface area contributed by atoms with Gasteiger partial charge in [0.15, 0.2) is 6.61 Å². The van der Waals surface area contributed by atoms with Crippen LogP contribution in [-0.4, -0.2) is 64.6 Å². The molecular formula is C27H31N3O8S2. The van der Waals surface area contributed by atoms with E-state index in [2.05, 4.69) is 16.5 Å². The molecule has 3 aromatic rings. The number of hydrogen-bond acceptors (Lipinski definition) is 9. The maximum atomic E-state index is 13.8. The number of nitrogens with zero attached hydrogens (tertiary/aromatic N) is 3. The first kappa shape index (κ1) is 30.7. The highest BCUT2D eigenvalue weighted by molar-refractivity contribution is 7.91. The number of methoxy groups -OCH3 is 1. The summed E-state index contributed by atoms with van der Waals surface area (Å²) in [7, 11) is -4.63. The van der Waals surface area contributed by atoms with Crippen molar-refractivity contribution in [2.75, 3.05) is 26.9 Å². The summed E-state index contributed by atoms with van der Waals surface area (Å²) in [5.41, 5.74) is 1.59. The van der Waals surface area contributed by atoms with Gasteiger partial charge in [-0.1, -0.05) is 12.7 Å². The van der Waals surface area contributed by atoms with E-state index in [1.165, 1.54) is 30.3 Å². The Morgan fingerprint density at radius 2 is 1.90 bits per heavy atom. The lowest BCUT2D eigenvalue weighted by atomic mass is 10.2. The van der Waals surface area contributed by atoms with Crippen LogP contribution in [0.25, 0.3) is 12.2 Å². The van der Waals surface area contributed by atoms with E-state index < -0.39 is 33.4 Å². The standard InChI is InChI=1S/C27H31N3O8S2/c1-5-8-22-24(6-2)30(40(34,35)21-11-9-20(10-12-21)38-17-26(31)32)27(29-22)39(33)18-23-19(3)25(13-14-28-23)37-16-7-15-36-4/h5-6,8-14H,2,7,15-18H2,1,3-4H3,(H,31,32)/b8-5-. The van der Waals surface area contributed by atoms with Crippen molar-refractivity contribution < 1.29 is 36.7 Å². The van der Waals surface area contributed by atoms with Gasteiger partial charge in [-0.25, -0.2) is 22.2 Å². The molecule has 3 rings (SSSR count). The second-order valence-electron chi connectivity index (χ2n) is 8.36. The molecule has 11 nitrogen and oxygen atoms in total. The number of pyridine rings is 1. The first-order valence-electron chi connectivity index (χ1n) is 12.2. The molecule has 1 aromatic carbocycles. The van der Waals surface area contributed by atoms with Crippen LogP contribution in [0.3, 0.4) is 0 Å². The minimum Gasteiger partial charge on any atom is -0.493 e. The lowest BCUT2D eigenvalue weighted by Crippen LogP contribution is -2.19. The van der Waals surface area contributed by atoms with Gasteiger partial charge in [-0.05, 0) is 56.3 Å². The third-order valence-corrected chi connectivity index (χ3v) is 8.64. The number of aliphatic carboxylic acids is 1. The van der Waals surface area contributed by atoms with Crippen LogP contribution in [0.2, 0.25) is 0 Å². The van der Waals surface area contributed by atoms with Crippen molar-refractivity contribution >= 4 is 38.9 Å². The number of ether oxygens (including phenoxy) is 3. The number of allylic oxidation sites excluding steroid dienone is 1. The largest absolute Gasteiger partial charge is 0.493 e. The van der Waals surface area contributed by atoms with E-state index in [9.17, 15) is 17.4 Å². The molecule has 40 heavy (non-hydrogen) atoms. The normalized spacial score (nSPS) is 12.4. The lowest BCUT2D eigenvalue weighted by Gasteiger charge is -2.14.